The van der Waals surface area contributed by atoms with Crippen LogP contribution in [0.4, 0.5) is 0 Å². The Morgan fingerprint density at radius 1 is 1.28 bits per heavy atom. The van der Waals surface area contributed by atoms with Crippen molar-refractivity contribution in [2.45, 2.75) is 25.6 Å². The molecule has 1 aliphatic heterocycles. The van der Waals surface area contributed by atoms with Gasteiger partial charge in [-0.15, -0.1) is 11.8 Å². The number of Topliss-reactive ketones (excluding diaryl/α,β-unsaturated/α-hetero) is 1. The van der Waals surface area contributed by atoms with Gasteiger partial charge >= 0.3 is 5.97 Å². The molecule has 1 heterocycles. The molecule has 7 heteroatoms. The molecule has 0 aliphatic carbocycles. The molecule has 2 rings (SSSR count). The highest BCUT2D eigenvalue weighted by molar-refractivity contribution is 9.10. The summed E-state index contributed by atoms with van der Waals surface area (Å²) in [4.78, 5) is 38.7. The lowest BCUT2D eigenvalue weighted by molar-refractivity contribution is -0.137. The summed E-state index contributed by atoms with van der Waals surface area (Å²) in [5.74, 6) is -1.54. The Morgan fingerprint density at radius 3 is 2.36 bits per heavy atom. The first-order valence-electron chi connectivity index (χ1n) is 7.85. The standard InChI is InChI=1S/C18H20BrNO4S/c1-10(2)9-20-17(24)13(8-14(21)22)15(18(20)25-3)16(23)11-4-6-12(19)7-5-11/h4-7,10,18H,8-9H2,1-3H3,(H,21,22)/t18-/m1/s1. The lowest BCUT2D eigenvalue weighted by Gasteiger charge is -2.27. The van der Waals surface area contributed by atoms with Crippen molar-refractivity contribution in [1.82, 2.24) is 4.90 Å². The number of rotatable bonds is 7. The van der Waals surface area contributed by atoms with E-state index >= 15 is 0 Å². The Hall–Kier alpha value is -1.60. The lowest BCUT2D eigenvalue weighted by atomic mass is 9.98. The summed E-state index contributed by atoms with van der Waals surface area (Å²) in [6.07, 6.45) is 1.38. The van der Waals surface area contributed by atoms with Gasteiger partial charge in [0.1, 0.15) is 5.37 Å². The zero-order valence-corrected chi connectivity index (χ0v) is 16.7. The Labute approximate surface area is 159 Å². The highest BCUT2D eigenvalue weighted by Crippen LogP contribution is 2.36. The minimum Gasteiger partial charge on any atom is -0.481 e. The van der Waals surface area contributed by atoms with Crippen LogP contribution in [-0.4, -0.2) is 45.8 Å². The molecule has 25 heavy (non-hydrogen) atoms. The normalized spacial score (nSPS) is 17.6. The van der Waals surface area contributed by atoms with Crippen LogP contribution in [0.15, 0.2) is 39.9 Å². The van der Waals surface area contributed by atoms with E-state index in [0.717, 1.165) is 4.47 Å². The lowest BCUT2D eigenvalue weighted by Crippen LogP contribution is -2.37. The third-order valence-corrected chi connectivity index (χ3v) is 5.30. The van der Waals surface area contributed by atoms with Gasteiger partial charge in [0.25, 0.3) is 5.91 Å². The molecule has 5 nitrogen and oxygen atoms in total. The van der Waals surface area contributed by atoms with Crippen molar-refractivity contribution < 1.29 is 19.5 Å². The van der Waals surface area contributed by atoms with E-state index < -0.39 is 17.8 Å². The first-order chi connectivity index (χ1) is 11.8. The summed E-state index contributed by atoms with van der Waals surface area (Å²) >= 11 is 4.70. The number of hydrogen-bond donors (Lipinski definition) is 1. The fourth-order valence-corrected chi connectivity index (χ4v) is 4.03. The van der Waals surface area contributed by atoms with Gasteiger partial charge < -0.3 is 10.0 Å². The van der Waals surface area contributed by atoms with Crippen LogP contribution in [-0.2, 0) is 9.59 Å². The molecule has 0 unspecified atom stereocenters. The molecule has 1 aromatic rings. The van der Waals surface area contributed by atoms with Gasteiger partial charge in [0.05, 0.1) is 6.42 Å². The third kappa shape index (κ3) is 4.33. The second-order valence-corrected chi connectivity index (χ2v) is 8.07. The molecule has 1 amide bonds. The molecule has 0 saturated heterocycles. The van der Waals surface area contributed by atoms with E-state index in [-0.39, 0.29) is 23.2 Å². The van der Waals surface area contributed by atoms with E-state index in [1.807, 2.05) is 20.1 Å². The van der Waals surface area contributed by atoms with Crippen molar-refractivity contribution in [3.8, 4) is 0 Å². The van der Waals surface area contributed by atoms with Crippen LogP contribution in [0.1, 0.15) is 30.6 Å². The van der Waals surface area contributed by atoms with Crippen molar-refractivity contribution in [1.29, 1.82) is 0 Å². The van der Waals surface area contributed by atoms with Gasteiger partial charge in [-0.2, -0.15) is 0 Å². The van der Waals surface area contributed by atoms with Crippen LogP contribution >= 0.6 is 27.7 Å². The maximum absolute atomic E-state index is 13.0. The van der Waals surface area contributed by atoms with E-state index in [9.17, 15) is 19.5 Å². The Kier molecular flexibility index (Phi) is 6.46. The van der Waals surface area contributed by atoms with Gasteiger partial charge in [-0.1, -0.05) is 29.8 Å². The summed E-state index contributed by atoms with van der Waals surface area (Å²) in [5, 5.41) is 8.74. The van der Waals surface area contributed by atoms with Gasteiger partial charge in [0.15, 0.2) is 5.78 Å². The first kappa shape index (κ1) is 19.7. The largest absolute Gasteiger partial charge is 0.481 e. The van der Waals surface area contributed by atoms with Gasteiger partial charge in [-0.05, 0) is 36.4 Å². The predicted molar refractivity (Wildman–Crippen MR) is 102 cm³/mol. The van der Waals surface area contributed by atoms with Crippen molar-refractivity contribution in [2.24, 2.45) is 5.92 Å². The van der Waals surface area contributed by atoms with E-state index in [2.05, 4.69) is 15.9 Å². The number of halogens is 1. The Morgan fingerprint density at radius 2 is 1.88 bits per heavy atom. The number of carboxylic acids is 1. The average molecular weight is 426 g/mol. The van der Waals surface area contributed by atoms with Crippen LogP contribution in [0.2, 0.25) is 0 Å². The summed E-state index contributed by atoms with van der Waals surface area (Å²) in [7, 11) is 0. The molecule has 1 N–H and O–H groups in total. The smallest absolute Gasteiger partial charge is 0.308 e. The molecule has 0 bridgehead atoms. The number of carbonyl (C=O) groups excluding carboxylic acids is 2. The topological polar surface area (TPSA) is 74.7 Å². The van der Waals surface area contributed by atoms with Gasteiger partial charge in [0, 0.05) is 27.7 Å². The highest BCUT2D eigenvalue weighted by Gasteiger charge is 2.42. The fraction of sp³-hybridized carbons (Fsp3) is 0.389. The van der Waals surface area contributed by atoms with E-state index in [1.54, 1.807) is 29.2 Å². The number of nitrogens with zero attached hydrogens (tertiary/aromatic N) is 1. The maximum atomic E-state index is 13.0. The van der Waals surface area contributed by atoms with Crippen LogP contribution in [0.25, 0.3) is 0 Å². The summed E-state index contributed by atoms with van der Waals surface area (Å²) in [6, 6.07) is 6.85. The average Bonchev–Trinajstić information content (AvgIpc) is 2.79. The first-order valence-corrected chi connectivity index (χ1v) is 9.93. The van der Waals surface area contributed by atoms with Crippen molar-refractivity contribution in [2.75, 3.05) is 12.8 Å². The zero-order chi connectivity index (χ0) is 18.7. The number of carbonyl (C=O) groups is 3. The molecule has 1 aliphatic rings. The number of amides is 1. The molecule has 1 atom stereocenters. The van der Waals surface area contributed by atoms with Crippen LogP contribution in [0, 0.1) is 5.92 Å². The number of benzene rings is 1. The number of ketones is 1. The Balaban J connectivity index is 2.51. The second kappa shape index (κ2) is 8.19. The minimum absolute atomic E-state index is 0.0976. The molecule has 0 saturated carbocycles. The van der Waals surface area contributed by atoms with Crippen molar-refractivity contribution in [3.05, 3.63) is 45.4 Å². The van der Waals surface area contributed by atoms with Crippen molar-refractivity contribution >= 4 is 45.4 Å². The summed E-state index contributed by atoms with van der Waals surface area (Å²) < 4.78 is 0.842. The fourth-order valence-electron chi connectivity index (χ4n) is 2.85. The van der Waals surface area contributed by atoms with Gasteiger partial charge in [0.2, 0.25) is 0 Å². The monoisotopic (exact) mass is 425 g/mol. The molecule has 0 radical (unpaired) electrons. The number of hydrogen-bond acceptors (Lipinski definition) is 4. The van der Waals surface area contributed by atoms with Gasteiger partial charge in [-0.25, -0.2) is 0 Å². The van der Waals surface area contributed by atoms with E-state index in [1.165, 1.54) is 11.8 Å². The molecule has 1 aromatic carbocycles. The van der Waals surface area contributed by atoms with Crippen molar-refractivity contribution in [3.63, 3.8) is 0 Å². The predicted octanol–water partition coefficient (Wildman–Crippen LogP) is 3.59. The molecule has 0 spiro atoms. The number of aliphatic carboxylic acids is 1. The van der Waals surface area contributed by atoms with Crippen LogP contribution in [0.3, 0.4) is 0 Å². The van der Waals surface area contributed by atoms with E-state index in [0.29, 0.717) is 17.7 Å². The SMILES string of the molecule is CS[C@@H]1C(C(=O)c2ccc(Br)cc2)=C(CC(=O)O)C(=O)N1CC(C)C. The Bertz CT molecular complexity index is 727. The second-order valence-electron chi connectivity index (χ2n) is 6.24. The molecular weight excluding hydrogens is 406 g/mol. The number of thioether (sulfide) groups is 1. The molecule has 0 fully saturated rings. The third-order valence-electron chi connectivity index (χ3n) is 3.84. The number of carboxylic acid groups (broad SMARTS) is 1. The van der Waals surface area contributed by atoms with Crippen LogP contribution < -0.4 is 0 Å². The summed E-state index contributed by atoms with van der Waals surface area (Å²) in [5.41, 5.74) is 0.836. The molecule has 0 aromatic heterocycles. The summed E-state index contributed by atoms with van der Waals surface area (Å²) in [6.45, 7) is 4.44. The van der Waals surface area contributed by atoms with Gasteiger partial charge in [-0.3, -0.25) is 14.4 Å². The van der Waals surface area contributed by atoms with E-state index in [4.69, 9.17) is 0 Å². The molecular formula is C18H20BrNO4S. The zero-order valence-electron chi connectivity index (χ0n) is 14.3. The molecule has 134 valence electrons. The minimum atomic E-state index is -1.12. The van der Waals surface area contributed by atoms with Crippen LogP contribution in [0.5, 0.6) is 0 Å². The quantitative estimate of drug-likeness (QED) is 0.675. The highest BCUT2D eigenvalue weighted by atomic mass is 79.9. The maximum Gasteiger partial charge on any atom is 0.308 e.